The van der Waals surface area contributed by atoms with Gasteiger partial charge in [-0.25, -0.2) is 4.39 Å². The summed E-state index contributed by atoms with van der Waals surface area (Å²) in [6, 6.07) is 10.8. The zero-order valence-electron chi connectivity index (χ0n) is 18.1. The molecule has 3 rings (SSSR count). The number of hydrogen-bond acceptors (Lipinski definition) is 6. The van der Waals surface area contributed by atoms with Crippen LogP contribution in [0, 0.1) is 5.82 Å². The molecule has 8 nitrogen and oxygen atoms in total. The lowest BCUT2D eigenvalue weighted by Crippen LogP contribution is -2.26. The van der Waals surface area contributed by atoms with Crippen molar-refractivity contribution in [3.8, 4) is 5.75 Å². The lowest BCUT2D eigenvalue weighted by Gasteiger charge is -2.09. The highest BCUT2D eigenvalue weighted by molar-refractivity contribution is 7.99. The lowest BCUT2D eigenvalue weighted by atomic mass is 10.2. The Morgan fingerprint density at radius 3 is 2.61 bits per heavy atom. The maximum absolute atomic E-state index is 13.2. The highest BCUT2D eigenvalue weighted by atomic mass is 35.5. The number of anilines is 1. The summed E-state index contributed by atoms with van der Waals surface area (Å²) in [5.74, 6) is 0.479. The van der Waals surface area contributed by atoms with Gasteiger partial charge in [0.25, 0.3) is 5.91 Å². The number of amides is 2. The molecule has 2 aromatic carbocycles. The van der Waals surface area contributed by atoms with E-state index >= 15 is 0 Å². The van der Waals surface area contributed by atoms with E-state index < -0.39 is 5.82 Å². The van der Waals surface area contributed by atoms with E-state index in [9.17, 15) is 14.0 Å². The molecule has 0 radical (unpaired) electrons. The number of hydrogen-bond donors (Lipinski definition) is 2. The maximum atomic E-state index is 13.2. The summed E-state index contributed by atoms with van der Waals surface area (Å²) in [5, 5.41) is 14.4. The first-order valence-corrected chi connectivity index (χ1v) is 11.5. The molecule has 0 aliphatic heterocycles. The molecule has 0 atom stereocenters. The van der Waals surface area contributed by atoms with Crippen molar-refractivity contribution in [3.05, 3.63) is 64.7 Å². The van der Waals surface area contributed by atoms with Crippen molar-refractivity contribution in [2.24, 2.45) is 0 Å². The van der Waals surface area contributed by atoms with Crippen LogP contribution in [0.4, 0.5) is 10.1 Å². The molecule has 0 saturated carbocycles. The molecule has 2 N–H and O–H groups in total. The summed E-state index contributed by atoms with van der Waals surface area (Å²) in [6.45, 7) is 2.96. The van der Waals surface area contributed by atoms with Gasteiger partial charge in [0.05, 0.1) is 17.9 Å². The SMILES string of the molecule is CCn1c(CCNC(=O)c2ccc(OC)cc2)nnc1SCC(=O)Nc1ccc(F)c(Cl)c1. The van der Waals surface area contributed by atoms with Crippen molar-refractivity contribution in [1.29, 1.82) is 0 Å². The summed E-state index contributed by atoms with van der Waals surface area (Å²) >= 11 is 6.97. The zero-order valence-corrected chi connectivity index (χ0v) is 19.7. The number of methoxy groups -OCH3 is 1. The summed E-state index contributed by atoms with van der Waals surface area (Å²) in [5.41, 5.74) is 0.953. The lowest BCUT2D eigenvalue weighted by molar-refractivity contribution is -0.113. The van der Waals surface area contributed by atoms with Gasteiger partial charge in [-0.2, -0.15) is 0 Å². The Hall–Kier alpha value is -3.11. The van der Waals surface area contributed by atoms with Gasteiger partial charge in [-0.15, -0.1) is 10.2 Å². The van der Waals surface area contributed by atoms with Crippen LogP contribution >= 0.6 is 23.4 Å². The van der Waals surface area contributed by atoms with Crippen molar-refractivity contribution in [3.63, 3.8) is 0 Å². The molecular formula is C22H23ClFN5O3S. The number of nitrogens with zero attached hydrogens (tertiary/aromatic N) is 3. The molecule has 0 bridgehead atoms. The number of nitrogens with one attached hydrogen (secondary N) is 2. The Labute approximate surface area is 199 Å². The molecule has 1 aromatic heterocycles. The van der Waals surface area contributed by atoms with Gasteiger partial charge in [0, 0.05) is 30.8 Å². The van der Waals surface area contributed by atoms with Gasteiger partial charge in [-0.3, -0.25) is 9.59 Å². The fourth-order valence-electron chi connectivity index (χ4n) is 2.96. The minimum Gasteiger partial charge on any atom is -0.497 e. The normalized spacial score (nSPS) is 10.7. The summed E-state index contributed by atoms with van der Waals surface area (Å²) < 4.78 is 20.2. The molecule has 3 aromatic rings. The average Bonchev–Trinajstić information content (AvgIpc) is 3.21. The molecule has 0 aliphatic rings. The van der Waals surface area contributed by atoms with Crippen LogP contribution in [0.5, 0.6) is 5.75 Å². The van der Waals surface area contributed by atoms with Crippen LogP contribution in [0.25, 0.3) is 0 Å². The van der Waals surface area contributed by atoms with Gasteiger partial charge in [0.2, 0.25) is 5.91 Å². The van der Waals surface area contributed by atoms with Crippen LogP contribution in [0.3, 0.4) is 0 Å². The van der Waals surface area contributed by atoms with E-state index in [1.54, 1.807) is 31.4 Å². The Balaban J connectivity index is 1.50. The molecular weight excluding hydrogens is 469 g/mol. The molecule has 174 valence electrons. The predicted octanol–water partition coefficient (Wildman–Crippen LogP) is 3.80. The molecule has 0 fully saturated rings. The van der Waals surface area contributed by atoms with Crippen molar-refractivity contribution >= 4 is 40.9 Å². The third kappa shape index (κ3) is 6.69. The van der Waals surface area contributed by atoms with Gasteiger partial charge in [-0.05, 0) is 49.4 Å². The van der Waals surface area contributed by atoms with E-state index in [0.717, 1.165) is 0 Å². The Bertz CT molecular complexity index is 1120. The largest absolute Gasteiger partial charge is 0.497 e. The van der Waals surface area contributed by atoms with Gasteiger partial charge < -0.3 is 19.9 Å². The quantitative estimate of drug-likeness (QED) is 0.418. The van der Waals surface area contributed by atoms with E-state index in [4.69, 9.17) is 16.3 Å². The number of carbonyl (C=O) groups is 2. The molecule has 33 heavy (non-hydrogen) atoms. The zero-order chi connectivity index (χ0) is 23.8. The first-order valence-electron chi connectivity index (χ1n) is 10.1. The smallest absolute Gasteiger partial charge is 0.251 e. The van der Waals surface area contributed by atoms with E-state index in [2.05, 4.69) is 20.8 Å². The van der Waals surface area contributed by atoms with E-state index in [-0.39, 0.29) is 22.6 Å². The van der Waals surface area contributed by atoms with Gasteiger partial charge >= 0.3 is 0 Å². The van der Waals surface area contributed by atoms with Gasteiger partial charge in [0.1, 0.15) is 17.4 Å². The number of benzene rings is 2. The second-order valence-electron chi connectivity index (χ2n) is 6.84. The fraction of sp³-hybridized carbons (Fsp3) is 0.273. The molecule has 0 saturated heterocycles. The number of halogens is 2. The van der Waals surface area contributed by atoms with Crippen LogP contribution in [0.1, 0.15) is 23.1 Å². The van der Waals surface area contributed by atoms with Crippen molar-refractivity contribution < 1.29 is 18.7 Å². The second-order valence-corrected chi connectivity index (χ2v) is 8.19. The molecule has 0 aliphatic carbocycles. The maximum Gasteiger partial charge on any atom is 0.251 e. The van der Waals surface area contributed by atoms with E-state index in [1.165, 1.54) is 30.0 Å². The third-order valence-corrected chi connectivity index (χ3v) is 5.89. The molecule has 11 heteroatoms. The van der Waals surface area contributed by atoms with E-state index in [1.807, 2.05) is 11.5 Å². The Morgan fingerprint density at radius 1 is 1.18 bits per heavy atom. The monoisotopic (exact) mass is 491 g/mol. The number of rotatable bonds is 10. The first-order chi connectivity index (χ1) is 15.9. The standard InChI is InChI=1S/C22H23ClFN5O3S/c1-3-29-19(10-11-25-21(31)14-4-7-16(32-2)8-5-14)27-28-22(29)33-13-20(30)26-15-6-9-18(24)17(23)12-15/h4-9,12H,3,10-11,13H2,1-2H3,(H,25,31)(H,26,30). The third-order valence-electron chi connectivity index (χ3n) is 4.63. The molecule has 0 spiro atoms. The fourth-order valence-corrected chi connectivity index (χ4v) is 3.96. The number of aromatic nitrogens is 3. The molecule has 1 heterocycles. The Morgan fingerprint density at radius 2 is 1.94 bits per heavy atom. The molecule has 2 amide bonds. The summed E-state index contributed by atoms with van der Waals surface area (Å²) in [4.78, 5) is 24.5. The van der Waals surface area contributed by atoms with Gasteiger partial charge in [-0.1, -0.05) is 23.4 Å². The number of ether oxygens (including phenoxy) is 1. The van der Waals surface area contributed by atoms with Crippen LogP contribution in [-0.4, -0.2) is 46.0 Å². The van der Waals surface area contributed by atoms with Crippen molar-refractivity contribution in [1.82, 2.24) is 20.1 Å². The average molecular weight is 492 g/mol. The van der Waals surface area contributed by atoms with Crippen LogP contribution in [-0.2, 0) is 17.8 Å². The predicted molar refractivity (Wildman–Crippen MR) is 125 cm³/mol. The highest BCUT2D eigenvalue weighted by Crippen LogP contribution is 2.21. The van der Waals surface area contributed by atoms with Crippen molar-refractivity contribution in [2.75, 3.05) is 24.7 Å². The van der Waals surface area contributed by atoms with Crippen LogP contribution < -0.4 is 15.4 Å². The number of thioether (sulfide) groups is 1. The summed E-state index contributed by atoms with van der Waals surface area (Å²) in [7, 11) is 1.57. The first kappa shape index (κ1) is 24.5. The van der Waals surface area contributed by atoms with Crippen LogP contribution in [0.15, 0.2) is 47.6 Å². The second kappa shape index (κ2) is 11.7. The van der Waals surface area contributed by atoms with Crippen molar-refractivity contribution in [2.45, 2.75) is 25.0 Å². The number of carbonyl (C=O) groups excluding carboxylic acids is 2. The minimum absolute atomic E-state index is 0.0603. The highest BCUT2D eigenvalue weighted by Gasteiger charge is 2.14. The topological polar surface area (TPSA) is 98.1 Å². The summed E-state index contributed by atoms with van der Waals surface area (Å²) in [6.07, 6.45) is 0.490. The molecule has 0 unspecified atom stereocenters. The van der Waals surface area contributed by atoms with Crippen LogP contribution in [0.2, 0.25) is 5.02 Å². The van der Waals surface area contributed by atoms with E-state index in [0.29, 0.717) is 47.5 Å². The van der Waals surface area contributed by atoms with Gasteiger partial charge in [0.15, 0.2) is 5.16 Å². The minimum atomic E-state index is -0.548. The Kier molecular flexibility index (Phi) is 8.67.